The molecule has 0 amide bonds. The van der Waals surface area contributed by atoms with Gasteiger partial charge in [-0.1, -0.05) is 0 Å². The lowest BCUT2D eigenvalue weighted by atomic mass is 9.82. The maximum Gasteiger partial charge on any atom is 0.331 e. The molecule has 0 unspecified atom stereocenters. The fourth-order valence-electron chi connectivity index (χ4n) is 4.00. The van der Waals surface area contributed by atoms with Crippen molar-refractivity contribution in [3.8, 4) is 17.2 Å². The molecule has 3 rings (SSSR count). The van der Waals surface area contributed by atoms with Gasteiger partial charge in [0.15, 0.2) is 0 Å². The van der Waals surface area contributed by atoms with Crippen LogP contribution in [0.2, 0.25) is 0 Å². The maximum absolute atomic E-state index is 12.7. The smallest absolute Gasteiger partial charge is 0.331 e. The van der Waals surface area contributed by atoms with Crippen molar-refractivity contribution >= 4 is 29.7 Å². The van der Waals surface area contributed by atoms with Gasteiger partial charge in [-0.05, 0) is 74.2 Å². The van der Waals surface area contributed by atoms with Crippen LogP contribution in [0.5, 0.6) is 17.2 Å². The van der Waals surface area contributed by atoms with Crippen LogP contribution in [0.25, 0.3) is 0 Å². The molecule has 2 aromatic rings. The van der Waals surface area contributed by atoms with Gasteiger partial charge in [0.25, 0.3) is 0 Å². The van der Waals surface area contributed by atoms with E-state index in [-0.39, 0.29) is 30.4 Å². The standard InChI is InChI=1S/C29H36O9S/c1-33-16-3-17-36-23-8-10-24(11-9-23)37-28(31)21-4-6-22(7-5-21)29(32)38-25-12-14-26(15-13-25)39-19-18-35-20-27(30)34-2/h8-15,21-22H,3-7,16-20H2,1-2H3. The molecule has 212 valence electrons. The minimum Gasteiger partial charge on any atom is -0.494 e. The average Bonchev–Trinajstić information content (AvgIpc) is 2.96. The Morgan fingerprint density at radius 2 is 1.28 bits per heavy atom. The van der Waals surface area contributed by atoms with Crippen molar-refractivity contribution in [3.63, 3.8) is 0 Å². The molecule has 9 nitrogen and oxygen atoms in total. The summed E-state index contributed by atoms with van der Waals surface area (Å²) in [4.78, 5) is 37.3. The van der Waals surface area contributed by atoms with E-state index in [1.54, 1.807) is 55.3 Å². The number of ether oxygens (including phenoxy) is 6. The van der Waals surface area contributed by atoms with Gasteiger partial charge in [0.05, 0.1) is 32.2 Å². The van der Waals surface area contributed by atoms with Crippen molar-refractivity contribution in [3.05, 3.63) is 48.5 Å². The number of thioether (sulfide) groups is 1. The molecule has 10 heteroatoms. The Hall–Kier alpha value is -3.08. The normalized spacial score (nSPS) is 16.8. The molecular formula is C29H36O9S. The van der Waals surface area contributed by atoms with Crippen LogP contribution in [0, 0.1) is 11.8 Å². The van der Waals surface area contributed by atoms with E-state index in [2.05, 4.69) is 4.74 Å². The Morgan fingerprint density at radius 3 is 1.82 bits per heavy atom. The van der Waals surface area contributed by atoms with Gasteiger partial charge in [-0.15, -0.1) is 11.8 Å². The van der Waals surface area contributed by atoms with Crippen LogP contribution in [0.1, 0.15) is 32.1 Å². The lowest BCUT2D eigenvalue weighted by Crippen LogP contribution is -2.30. The molecule has 0 aliphatic heterocycles. The molecule has 1 aliphatic rings. The Labute approximate surface area is 233 Å². The van der Waals surface area contributed by atoms with Crippen molar-refractivity contribution in [1.82, 2.24) is 0 Å². The molecule has 1 aliphatic carbocycles. The highest BCUT2D eigenvalue weighted by molar-refractivity contribution is 7.99. The molecule has 0 aromatic heterocycles. The van der Waals surface area contributed by atoms with Gasteiger partial charge in [0.1, 0.15) is 23.9 Å². The highest BCUT2D eigenvalue weighted by atomic mass is 32.2. The van der Waals surface area contributed by atoms with E-state index in [0.29, 0.717) is 68.5 Å². The summed E-state index contributed by atoms with van der Waals surface area (Å²) in [6.45, 7) is 1.56. The van der Waals surface area contributed by atoms with Gasteiger partial charge >= 0.3 is 17.9 Å². The number of hydrogen-bond acceptors (Lipinski definition) is 10. The summed E-state index contributed by atoms with van der Waals surface area (Å²) in [5.74, 6) is 0.897. The molecule has 0 bridgehead atoms. The quantitative estimate of drug-likeness (QED) is 0.132. The summed E-state index contributed by atoms with van der Waals surface area (Å²) < 4.78 is 31.5. The van der Waals surface area contributed by atoms with E-state index in [1.807, 2.05) is 12.1 Å². The zero-order valence-electron chi connectivity index (χ0n) is 22.4. The fourth-order valence-corrected chi connectivity index (χ4v) is 4.76. The molecule has 1 saturated carbocycles. The third-order valence-corrected chi connectivity index (χ3v) is 7.16. The predicted molar refractivity (Wildman–Crippen MR) is 145 cm³/mol. The molecule has 0 saturated heterocycles. The first kappa shape index (κ1) is 30.5. The molecule has 39 heavy (non-hydrogen) atoms. The first-order valence-electron chi connectivity index (χ1n) is 13.0. The number of esters is 3. The van der Waals surface area contributed by atoms with E-state index in [0.717, 1.165) is 11.3 Å². The predicted octanol–water partition coefficient (Wildman–Crippen LogP) is 4.70. The van der Waals surface area contributed by atoms with Gasteiger partial charge in [-0.2, -0.15) is 0 Å². The number of hydrogen-bond donors (Lipinski definition) is 0. The lowest BCUT2D eigenvalue weighted by Gasteiger charge is -2.25. The Kier molecular flexibility index (Phi) is 13.1. The van der Waals surface area contributed by atoms with E-state index in [4.69, 9.17) is 23.7 Å². The van der Waals surface area contributed by atoms with Crippen molar-refractivity contribution < 1.29 is 42.8 Å². The van der Waals surface area contributed by atoms with E-state index >= 15 is 0 Å². The van der Waals surface area contributed by atoms with Crippen LogP contribution in [-0.2, 0) is 28.6 Å². The molecule has 2 aromatic carbocycles. The average molecular weight is 561 g/mol. The fraction of sp³-hybridized carbons (Fsp3) is 0.483. The third kappa shape index (κ3) is 10.9. The van der Waals surface area contributed by atoms with Crippen LogP contribution in [0.3, 0.4) is 0 Å². The van der Waals surface area contributed by atoms with Gasteiger partial charge < -0.3 is 28.4 Å². The number of methoxy groups -OCH3 is 2. The molecule has 0 atom stereocenters. The first-order chi connectivity index (χ1) is 19.0. The largest absolute Gasteiger partial charge is 0.494 e. The number of carbonyl (C=O) groups excluding carboxylic acids is 3. The van der Waals surface area contributed by atoms with Crippen LogP contribution >= 0.6 is 11.8 Å². The second kappa shape index (κ2) is 16.8. The SMILES string of the molecule is COCCCOc1ccc(OC(=O)C2CCC(C(=O)Oc3ccc(SCCOCC(=O)OC)cc3)CC2)cc1. The molecule has 1 fully saturated rings. The zero-order chi connectivity index (χ0) is 27.9. The second-order valence-electron chi connectivity index (χ2n) is 9.01. The van der Waals surface area contributed by atoms with Gasteiger partial charge in [-0.3, -0.25) is 9.59 Å². The van der Waals surface area contributed by atoms with Crippen LogP contribution in [-0.4, -0.2) is 64.3 Å². The van der Waals surface area contributed by atoms with Crippen molar-refractivity contribution in [2.24, 2.45) is 11.8 Å². The van der Waals surface area contributed by atoms with Crippen molar-refractivity contribution in [2.75, 3.05) is 46.4 Å². The lowest BCUT2D eigenvalue weighted by molar-refractivity contribution is -0.145. The first-order valence-corrected chi connectivity index (χ1v) is 14.0. The Morgan fingerprint density at radius 1 is 0.744 bits per heavy atom. The van der Waals surface area contributed by atoms with E-state index in [1.165, 1.54) is 7.11 Å². The topological polar surface area (TPSA) is 107 Å². The number of rotatable bonds is 15. The molecule has 0 heterocycles. The Bertz CT molecular complexity index is 1030. The minimum absolute atomic E-state index is 0.0605. The molecule has 0 radical (unpaired) electrons. The number of carbonyl (C=O) groups is 3. The minimum atomic E-state index is -0.401. The summed E-state index contributed by atoms with van der Waals surface area (Å²) in [5, 5.41) is 0. The third-order valence-electron chi connectivity index (χ3n) is 6.18. The summed E-state index contributed by atoms with van der Waals surface area (Å²) in [6, 6.07) is 14.2. The highest BCUT2D eigenvalue weighted by Crippen LogP contribution is 2.32. The zero-order valence-corrected chi connectivity index (χ0v) is 23.2. The van der Waals surface area contributed by atoms with Gasteiger partial charge in [0.2, 0.25) is 0 Å². The number of benzene rings is 2. The second-order valence-corrected chi connectivity index (χ2v) is 10.2. The van der Waals surface area contributed by atoms with Gasteiger partial charge in [0, 0.05) is 30.8 Å². The van der Waals surface area contributed by atoms with Crippen LogP contribution in [0.15, 0.2) is 53.4 Å². The van der Waals surface area contributed by atoms with Crippen molar-refractivity contribution in [2.45, 2.75) is 37.0 Å². The van der Waals surface area contributed by atoms with Crippen LogP contribution in [0.4, 0.5) is 0 Å². The summed E-state index contributed by atoms with van der Waals surface area (Å²) in [6.07, 6.45) is 3.10. The van der Waals surface area contributed by atoms with Gasteiger partial charge in [-0.25, -0.2) is 4.79 Å². The summed E-state index contributed by atoms with van der Waals surface area (Å²) in [7, 11) is 2.97. The maximum atomic E-state index is 12.7. The molecule has 0 N–H and O–H groups in total. The summed E-state index contributed by atoms with van der Waals surface area (Å²) >= 11 is 1.57. The monoisotopic (exact) mass is 560 g/mol. The highest BCUT2D eigenvalue weighted by Gasteiger charge is 2.32. The summed E-state index contributed by atoms with van der Waals surface area (Å²) in [5.41, 5.74) is 0. The van der Waals surface area contributed by atoms with E-state index in [9.17, 15) is 14.4 Å². The van der Waals surface area contributed by atoms with E-state index < -0.39 is 5.97 Å². The molecule has 0 spiro atoms. The Balaban J connectivity index is 1.34. The molecular weight excluding hydrogens is 524 g/mol. The van der Waals surface area contributed by atoms with Crippen LogP contribution < -0.4 is 14.2 Å². The van der Waals surface area contributed by atoms with Crippen molar-refractivity contribution in [1.29, 1.82) is 0 Å².